The van der Waals surface area contributed by atoms with Crippen LogP contribution in [0.5, 0.6) is 5.75 Å². The summed E-state index contributed by atoms with van der Waals surface area (Å²) in [6.07, 6.45) is 3.82. The van der Waals surface area contributed by atoms with Gasteiger partial charge in [0.1, 0.15) is 5.75 Å². The molecular formula is C21H30ClN3O3. The molecule has 154 valence electrons. The van der Waals surface area contributed by atoms with E-state index >= 15 is 0 Å². The van der Waals surface area contributed by atoms with Gasteiger partial charge in [-0.1, -0.05) is 12.1 Å². The van der Waals surface area contributed by atoms with Gasteiger partial charge in [0, 0.05) is 32.8 Å². The Kier molecular flexibility index (Phi) is 6.11. The molecule has 28 heavy (non-hydrogen) atoms. The van der Waals surface area contributed by atoms with Crippen LogP contribution in [0.1, 0.15) is 35.2 Å². The third-order valence-corrected chi connectivity index (χ3v) is 6.80. The molecule has 0 aromatic heterocycles. The summed E-state index contributed by atoms with van der Waals surface area (Å²) in [5.41, 5.74) is 7.69. The fraction of sp³-hybridized carbons (Fsp3) is 0.667. The van der Waals surface area contributed by atoms with Crippen LogP contribution in [0.4, 0.5) is 0 Å². The van der Waals surface area contributed by atoms with Crippen LogP contribution >= 0.6 is 11.6 Å². The SMILES string of the molecule is N[C@@]1(CNC(=O)c2cccc3c2OCCC3)CCN(C[C@H]2CCOC2)C[C@H]1Cl. The molecule has 0 radical (unpaired) electrons. The predicted octanol–water partition coefficient (Wildman–Crippen LogP) is 1.79. The maximum Gasteiger partial charge on any atom is 0.255 e. The Bertz CT molecular complexity index is 710. The Balaban J connectivity index is 1.33. The number of carbonyl (C=O) groups is 1. The van der Waals surface area contributed by atoms with Crippen LogP contribution in [-0.2, 0) is 11.2 Å². The zero-order valence-electron chi connectivity index (χ0n) is 16.3. The lowest BCUT2D eigenvalue weighted by Crippen LogP contribution is -2.63. The molecule has 2 fully saturated rings. The average molecular weight is 408 g/mol. The van der Waals surface area contributed by atoms with Crippen LogP contribution in [0.2, 0.25) is 0 Å². The number of nitrogens with zero attached hydrogens (tertiary/aromatic N) is 1. The van der Waals surface area contributed by atoms with E-state index in [1.54, 1.807) is 0 Å². The standard InChI is InChI=1S/C21H30ClN3O3/c22-18-12-25(11-15-6-10-27-13-15)8-7-21(18,23)14-24-20(26)17-5-1-3-16-4-2-9-28-19(16)17/h1,3,5,15,18H,2,4,6-14,23H2,(H,24,26)/t15-,18-,21-/m1/s1. The summed E-state index contributed by atoms with van der Waals surface area (Å²) in [6, 6.07) is 5.75. The van der Waals surface area contributed by atoms with E-state index < -0.39 is 5.54 Å². The van der Waals surface area contributed by atoms with E-state index in [0.717, 1.165) is 64.1 Å². The molecule has 1 aromatic carbocycles. The first-order valence-corrected chi connectivity index (χ1v) is 10.7. The van der Waals surface area contributed by atoms with E-state index in [0.29, 0.717) is 30.4 Å². The second-order valence-electron chi connectivity index (χ2n) is 8.37. The van der Waals surface area contributed by atoms with Crippen LogP contribution in [0.15, 0.2) is 18.2 Å². The van der Waals surface area contributed by atoms with Crippen molar-refractivity contribution in [3.8, 4) is 5.75 Å². The Hall–Kier alpha value is -1.34. The largest absolute Gasteiger partial charge is 0.492 e. The van der Waals surface area contributed by atoms with Gasteiger partial charge in [0.15, 0.2) is 0 Å². The highest BCUT2D eigenvalue weighted by atomic mass is 35.5. The molecule has 1 aromatic rings. The molecular weight excluding hydrogens is 378 g/mol. The van der Waals surface area contributed by atoms with E-state index in [2.05, 4.69) is 10.2 Å². The summed E-state index contributed by atoms with van der Waals surface area (Å²) in [4.78, 5) is 15.2. The molecule has 3 atom stereocenters. The zero-order valence-corrected chi connectivity index (χ0v) is 17.0. The smallest absolute Gasteiger partial charge is 0.255 e. The number of carbonyl (C=O) groups excluding carboxylic acids is 1. The van der Waals surface area contributed by atoms with E-state index in [9.17, 15) is 4.79 Å². The molecule has 3 heterocycles. The molecule has 4 rings (SSSR count). The molecule has 0 aliphatic carbocycles. The van der Waals surface area contributed by atoms with Gasteiger partial charge in [-0.05, 0) is 43.2 Å². The lowest BCUT2D eigenvalue weighted by atomic mass is 9.87. The maximum atomic E-state index is 12.8. The summed E-state index contributed by atoms with van der Waals surface area (Å²) in [5.74, 6) is 1.17. The fourth-order valence-corrected chi connectivity index (χ4v) is 4.77. The third-order valence-electron chi connectivity index (χ3n) is 6.23. The number of aryl methyl sites for hydroxylation is 1. The second kappa shape index (κ2) is 8.57. The van der Waals surface area contributed by atoms with Crippen LogP contribution in [0, 0.1) is 5.92 Å². The Morgan fingerprint density at radius 1 is 1.39 bits per heavy atom. The number of nitrogens with one attached hydrogen (secondary N) is 1. The van der Waals surface area contributed by atoms with Crippen molar-refractivity contribution in [2.24, 2.45) is 11.7 Å². The average Bonchev–Trinajstić information content (AvgIpc) is 3.22. The van der Waals surface area contributed by atoms with Crippen molar-refractivity contribution < 1.29 is 14.3 Å². The van der Waals surface area contributed by atoms with Crippen LogP contribution < -0.4 is 15.8 Å². The molecule has 2 saturated heterocycles. The molecule has 1 amide bonds. The topological polar surface area (TPSA) is 76.8 Å². The van der Waals surface area contributed by atoms with Crippen molar-refractivity contribution in [3.05, 3.63) is 29.3 Å². The van der Waals surface area contributed by atoms with Crippen LogP contribution in [0.3, 0.4) is 0 Å². The number of hydrogen-bond acceptors (Lipinski definition) is 5. The third kappa shape index (κ3) is 4.30. The Labute approximate surface area is 171 Å². The number of amides is 1. The number of halogens is 1. The van der Waals surface area contributed by atoms with Gasteiger partial charge in [-0.3, -0.25) is 4.79 Å². The number of para-hydroxylation sites is 1. The molecule has 0 bridgehead atoms. The van der Waals surface area contributed by atoms with Gasteiger partial charge in [0.2, 0.25) is 0 Å². The van der Waals surface area contributed by atoms with E-state index in [1.807, 2.05) is 18.2 Å². The van der Waals surface area contributed by atoms with Gasteiger partial charge in [0.05, 0.1) is 29.7 Å². The maximum absolute atomic E-state index is 12.8. The van der Waals surface area contributed by atoms with Crippen molar-refractivity contribution in [3.63, 3.8) is 0 Å². The lowest BCUT2D eigenvalue weighted by molar-refractivity contribution is 0.0914. The number of likely N-dealkylation sites (tertiary alicyclic amines) is 1. The van der Waals surface area contributed by atoms with Gasteiger partial charge in [-0.15, -0.1) is 11.6 Å². The monoisotopic (exact) mass is 407 g/mol. The van der Waals surface area contributed by atoms with E-state index in [-0.39, 0.29) is 11.3 Å². The van der Waals surface area contributed by atoms with Crippen molar-refractivity contribution >= 4 is 17.5 Å². The minimum absolute atomic E-state index is 0.141. The number of benzene rings is 1. The summed E-state index contributed by atoms with van der Waals surface area (Å²) in [6.45, 7) is 5.39. The normalized spacial score (nSPS) is 30.5. The summed E-state index contributed by atoms with van der Waals surface area (Å²) < 4.78 is 11.2. The van der Waals surface area contributed by atoms with Crippen LogP contribution in [0.25, 0.3) is 0 Å². The Morgan fingerprint density at radius 2 is 2.29 bits per heavy atom. The van der Waals surface area contributed by atoms with Crippen molar-refractivity contribution in [1.29, 1.82) is 0 Å². The number of nitrogens with two attached hydrogens (primary N) is 1. The van der Waals surface area contributed by atoms with E-state index in [1.165, 1.54) is 0 Å². The summed E-state index contributed by atoms with van der Waals surface area (Å²) >= 11 is 6.67. The molecule has 6 nitrogen and oxygen atoms in total. The quantitative estimate of drug-likeness (QED) is 0.728. The number of hydrogen-bond donors (Lipinski definition) is 2. The van der Waals surface area contributed by atoms with Crippen molar-refractivity contribution in [1.82, 2.24) is 10.2 Å². The first kappa shape index (κ1) is 20.0. The van der Waals surface area contributed by atoms with Gasteiger partial charge in [-0.2, -0.15) is 0 Å². The van der Waals surface area contributed by atoms with Gasteiger partial charge in [-0.25, -0.2) is 0 Å². The number of alkyl halides is 1. The molecule has 7 heteroatoms. The number of ether oxygens (including phenoxy) is 2. The zero-order chi connectivity index (χ0) is 19.6. The molecule has 0 spiro atoms. The molecule has 3 aliphatic rings. The van der Waals surface area contributed by atoms with Gasteiger partial charge < -0.3 is 25.4 Å². The Morgan fingerprint density at radius 3 is 3.07 bits per heavy atom. The highest BCUT2D eigenvalue weighted by molar-refractivity contribution is 6.21. The number of fused-ring (bicyclic) bond motifs is 1. The first-order chi connectivity index (χ1) is 13.5. The van der Waals surface area contributed by atoms with Gasteiger partial charge in [0.25, 0.3) is 5.91 Å². The fourth-order valence-electron chi connectivity index (χ4n) is 4.39. The van der Waals surface area contributed by atoms with Crippen molar-refractivity contribution in [2.75, 3.05) is 46.0 Å². The molecule has 0 saturated carbocycles. The minimum Gasteiger partial charge on any atom is -0.492 e. The first-order valence-electron chi connectivity index (χ1n) is 10.3. The minimum atomic E-state index is -0.602. The molecule has 0 unspecified atom stereocenters. The molecule has 3 N–H and O–H groups in total. The number of piperidine rings is 1. The summed E-state index contributed by atoms with van der Waals surface area (Å²) in [7, 11) is 0. The second-order valence-corrected chi connectivity index (χ2v) is 8.90. The summed E-state index contributed by atoms with van der Waals surface area (Å²) in [5, 5.41) is 2.81. The highest BCUT2D eigenvalue weighted by Gasteiger charge is 2.40. The number of rotatable bonds is 5. The lowest BCUT2D eigenvalue weighted by Gasteiger charge is -2.43. The van der Waals surface area contributed by atoms with Crippen LogP contribution in [-0.4, -0.2) is 67.7 Å². The highest BCUT2D eigenvalue weighted by Crippen LogP contribution is 2.30. The molecule has 3 aliphatic heterocycles. The van der Waals surface area contributed by atoms with E-state index in [4.69, 9.17) is 26.8 Å². The predicted molar refractivity (Wildman–Crippen MR) is 109 cm³/mol. The van der Waals surface area contributed by atoms with Gasteiger partial charge >= 0.3 is 0 Å². The van der Waals surface area contributed by atoms with Crippen molar-refractivity contribution in [2.45, 2.75) is 36.6 Å².